The number of carbonyl (C=O) groups is 1. The quantitative estimate of drug-likeness (QED) is 0.516. The zero-order valence-corrected chi connectivity index (χ0v) is 16.5. The molecule has 142 valence electrons. The minimum atomic E-state index is 0.0667. The summed E-state index contributed by atoms with van der Waals surface area (Å²) in [5.74, 6) is 6.58. The summed E-state index contributed by atoms with van der Waals surface area (Å²) in [5.41, 5.74) is 2.64. The number of hydrogen-bond acceptors (Lipinski definition) is 5. The lowest BCUT2D eigenvalue weighted by molar-refractivity contribution is 0.104. The molecule has 3 aromatic rings. The highest BCUT2D eigenvalue weighted by Crippen LogP contribution is 2.33. The molecule has 3 heterocycles. The Kier molecular flexibility index (Phi) is 5.27. The van der Waals surface area contributed by atoms with E-state index < -0.39 is 0 Å². The first-order chi connectivity index (χ1) is 13.2. The van der Waals surface area contributed by atoms with Gasteiger partial charge in [0.1, 0.15) is 0 Å². The van der Waals surface area contributed by atoms with Crippen LogP contribution in [0.15, 0.2) is 35.7 Å². The second-order valence-corrected chi connectivity index (χ2v) is 8.29. The van der Waals surface area contributed by atoms with Crippen LogP contribution < -0.4 is 5.84 Å². The smallest absolute Gasteiger partial charge is 0.202 e. The van der Waals surface area contributed by atoms with Crippen LogP contribution in [-0.4, -0.2) is 40.2 Å². The molecule has 0 saturated carbocycles. The molecule has 0 aliphatic carbocycles. The van der Waals surface area contributed by atoms with E-state index in [4.69, 9.17) is 5.84 Å². The second-order valence-electron chi connectivity index (χ2n) is 7.34. The van der Waals surface area contributed by atoms with Crippen LogP contribution in [0, 0.1) is 0 Å². The first-order valence-corrected chi connectivity index (χ1v) is 10.6. The summed E-state index contributed by atoms with van der Waals surface area (Å²) in [5, 5.41) is 7.58. The van der Waals surface area contributed by atoms with Gasteiger partial charge >= 0.3 is 0 Å². The van der Waals surface area contributed by atoms with Crippen molar-refractivity contribution in [1.29, 1.82) is 0 Å². The van der Waals surface area contributed by atoms with Gasteiger partial charge in [-0.05, 0) is 68.5 Å². The van der Waals surface area contributed by atoms with Crippen molar-refractivity contribution in [2.75, 3.05) is 25.5 Å². The van der Waals surface area contributed by atoms with Gasteiger partial charge in [-0.25, -0.2) is 0 Å². The minimum Gasteiger partial charge on any atom is -0.323 e. The van der Waals surface area contributed by atoms with Crippen molar-refractivity contribution in [2.24, 2.45) is 0 Å². The molecule has 1 aliphatic rings. The highest BCUT2D eigenvalue weighted by Gasteiger charge is 2.25. The van der Waals surface area contributed by atoms with E-state index in [1.807, 2.05) is 35.7 Å². The number of rotatable bonds is 6. The monoisotopic (exact) mass is 382 g/mol. The molecule has 27 heavy (non-hydrogen) atoms. The topological polar surface area (TPSA) is 64.2 Å². The maximum absolute atomic E-state index is 12.7. The fourth-order valence-corrected chi connectivity index (χ4v) is 4.66. The maximum Gasteiger partial charge on any atom is 0.202 e. The standard InChI is InChI=1S/C21H26N4OS/c1-2-3-10-24-11-8-15(9-12-24)20-17-14-16(6-7-18(17)25(22)23-20)21(26)19-5-4-13-27-19/h4-7,13-15H,2-3,8-12,22H2,1H3. The number of nitrogens with two attached hydrogens (primary N) is 1. The van der Waals surface area contributed by atoms with Gasteiger partial charge in [-0.1, -0.05) is 19.4 Å². The third-order valence-electron chi connectivity index (χ3n) is 5.54. The third kappa shape index (κ3) is 3.64. The second kappa shape index (κ2) is 7.82. The van der Waals surface area contributed by atoms with Crippen molar-refractivity contribution in [3.8, 4) is 0 Å². The lowest BCUT2D eigenvalue weighted by Gasteiger charge is -2.31. The van der Waals surface area contributed by atoms with E-state index in [1.165, 1.54) is 35.5 Å². The number of hydrogen-bond donors (Lipinski definition) is 1. The Bertz CT molecular complexity index is 923. The van der Waals surface area contributed by atoms with Crippen molar-refractivity contribution in [3.63, 3.8) is 0 Å². The highest BCUT2D eigenvalue weighted by atomic mass is 32.1. The minimum absolute atomic E-state index is 0.0667. The Labute approximate surface area is 163 Å². The number of likely N-dealkylation sites (tertiary alicyclic amines) is 1. The van der Waals surface area contributed by atoms with E-state index in [0.29, 0.717) is 11.5 Å². The van der Waals surface area contributed by atoms with Crippen molar-refractivity contribution in [3.05, 3.63) is 51.8 Å². The number of nitrogen functional groups attached to an aromatic ring is 1. The summed E-state index contributed by atoms with van der Waals surface area (Å²) >= 11 is 1.47. The molecule has 5 nitrogen and oxygen atoms in total. The summed E-state index contributed by atoms with van der Waals surface area (Å²) in [4.78, 5) is 17.5. The van der Waals surface area contributed by atoms with Crippen molar-refractivity contribution >= 4 is 28.0 Å². The number of nitrogens with zero attached hydrogens (tertiary/aromatic N) is 3. The van der Waals surface area contributed by atoms with Gasteiger partial charge in [0.2, 0.25) is 5.78 Å². The Morgan fingerprint density at radius 3 is 2.81 bits per heavy atom. The fourth-order valence-electron chi connectivity index (χ4n) is 3.97. The first kappa shape index (κ1) is 18.2. The zero-order chi connectivity index (χ0) is 18.8. The Morgan fingerprint density at radius 2 is 2.11 bits per heavy atom. The Morgan fingerprint density at radius 1 is 1.30 bits per heavy atom. The molecule has 0 atom stereocenters. The number of unbranched alkanes of at least 4 members (excludes halogenated alkanes) is 1. The van der Waals surface area contributed by atoms with Crippen LogP contribution in [0.4, 0.5) is 0 Å². The Hall–Kier alpha value is -2.18. The summed E-state index contributed by atoms with van der Waals surface area (Å²) in [6.45, 7) is 5.64. The van der Waals surface area contributed by atoms with Crippen LogP contribution >= 0.6 is 11.3 Å². The van der Waals surface area contributed by atoms with Crippen LogP contribution in [0.1, 0.15) is 59.5 Å². The SMILES string of the molecule is CCCCN1CCC(c2nn(N)c3ccc(C(=O)c4cccs4)cc23)CC1. The number of piperidine rings is 1. The fraction of sp³-hybridized carbons (Fsp3) is 0.429. The molecule has 0 radical (unpaired) electrons. The summed E-state index contributed by atoms with van der Waals surface area (Å²) in [6, 6.07) is 9.53. The highest BCUT2D eigenvalue weighted by molar-refractivity contribution is 7.12. The summed E-state index contributed by atoms with van der Waals surface area (Å²) in [7, 11) is 0. The average Bonchev–Trinajstić information content (AvgIpc) is 3.35. The van der Waals surface area contributed by atoms with Gasteiger partial charge in [-0.2, -0.15) is 9.89 Å². The van der Waals surface area contributed by atoms with Gasteiger partial charge in [-0.3, -0.25) is 4.79 Å². The third-order valence-corrected chi connectivity index (χ3v) is 6.41. The van der Waals surface area contributed by atoms with E-state index in [-0.39, 0.29) is 5.78 Å². The van der Waals surface area contributed by atoms with Crippen LogP contribution in [0.2, 0.25) is 0 Å². The van der Waals surface area contributed by atoms with E-state index in [1.54, 1.807) is 0 Å². The molecule has 0 bridgehead atoms. The lowest BCUT2D eigenvalue weighted by Crippen LogP contribution is -2.33. The van der Waals surface area contributed by atoms with Crippen LogP contribution in [0.25, 0.3) is 10.9 Å². The molecule has 1 saturated heterocycles. The molecule has 0 unspecified atom stereocenters. The van der Waals surface area contributed by atoms with Gasteiger partial charge in [0.25, 0.3) is 0 Å². The predicted octanol–water partition coefficient (Wildman–Crippen LogP) is 4.02. The largest absolute Gasteiger partial charge is 0.323 e. The predicted molar refractivity (Wildman–Crippen MR) is 111 cm³/mol. The lowest BCUT2D eigenvalue weighted by atomic mass is 9.91. The number of aromatic nitrogens is 2. The Balaban J connectivity index is 1.60. The molecular formula is C21H26N4OS. The molecule has 0 amide bonds. The molecule has 6 heteroatoms. The van der Waals surface area contributed by atoms with Crippen molar-refractivity contribution in [2.45, 2.75) is 38.5 Å². The van der Waals surface area contributed by atoms with Crippen molar-refractivity contribution < 1.29 is 4.79 Å². The van der Waals surface area contributed by atoms with Gasteiger partial charge in [0.05, 0.1) is 16.1 Å². The molecule has 4 rings (SSSR count). The van der Waals surface area contributed by atoms with E-state index in [2.05, 4.69) is 16.9 Å². The first-order valence-electron chi connectivity index (χ1n) is 9.75. The molecule has 2 N–H and O–H groups in total. The maximum atomic E-state index is 12.7. The molecule has 2 aromatic heterocycles. The van der Waals surface area contributed by atoms with E-state index in [9.17, 15) is 4.79 Å². The average molecular weight is 383 g/mol. The molecular weight excluding hydrogens is 356 g/mol. The van der Waals surface area contributed by atoms with Gasteiger partial charge in [-0.15, -0.1) is 11.3 Å². The van der Waals surface area contributed by atoms with E-state index in [0.717, 1.165) is 47.4 Å². The number of ketones is 1. The number of thiophene rings is 1. The number of carbonyl (C=O) groups excluding carboxylic acids is 1. The number of fused-ring (bicyclic) bond motifs is 1. The van der Waals surface area contributed by atoms with Gasteiger partial charge in [0, 0.05) is 16.9 Å². The molecule has 1 aliphatic heterocycles. The van der Waals surface area contributed by atoms with Crippen LogP contribution in [0.3, 0.4) is 0 Å². The van der Waals surface area contributed by atoms with Crippen molar-refractivity contribution in [1.82, 2.24) is 14.8 Å². The molecule has 1 fully saturated rings. The van der Waals surface area contributed by atoms with Crippen LogP contribution in [0.5, 0.6) is 0 Å². The van der Waals surface area contributed by atoms with E-state index >= 15 is 0 Å². The normalized spacial score (nSPS) is 16.2. The zero-order valence-electron chi connectivity index (χ0n) is 15.7. The van der Waals surface area contributed by atoms with Crippen LogP contribution in [-0.2, 0) is 0 Å². The van der Waals surface area contributed by atoms with Gasteiger partial charge in [0.15, 0.2) is 0 Å². The number of benzene rings is 1. The summed E-state index contributed by atoms with van der Waals surface area (Å²) < 4.78 is 0. The molecule has 1 aromatic carbocycles. The summed E-state index contributed by atoms with van der Waals surface area (Å²) in [6.07, 6.45) is 4.69. The molecule has 0 spiro atoms. The van der Waals surface area contributed by atoms with Gasteiger partial charge < -0.3 is 10.7 Å².